The lowest BCUT2D eigenvalue weighted by Crippen LogP contribution is -2.06. The van der Waals surface area contributed by atoms with E-state index in [0.717, 1.165) is 11.1 Å². The number of aryl methyl sites for hydroxylation is 1. The van der Waals surface area contributed by atoms with E-state index in [2.05, 4.69) is 6.58 Å². The Morgan fingerprint density at radius 3 is 2.75 bits per heavy atom. The van der Waals surface area contributed by atoms with E-state index in [1.807, 2.05) is 25.1 Å². The summed E-state index contributed by atoms with van der Waals surface area (Å²) in [6.07, 6.45) is 1.68. The van der Waals surface area contributed by atoms with E-state index < -0.39 is 0 Å². The Hall–Kier alpha value is -0.790. The molecule has 0 amide bonds. The van der Waals surface area contributed by atoms with Crippen LogP contribution in [0.4, 0.5) is 0 Å². The van der Waals surface area contributed by atoms with Crippen LogP contribution in [0, 0.1) is 6.92 Å². The minimum atomic E-state index is -0.168. The van der Waals surface area contributed by atoms with Crippen molar-refractivity contribution in [3.8, 4) is 0 Å². The molecule has 0 fully saturated rings. The van der Waals surface area contributed by atoms with E-state index in [1.54, 1.807) is 6.08 Å². The van der Waals surface area contributed by atoms with Crippen molar-refractivity contribution in [2.45, 2.75) is 13.0 Å². The number of benzene rings is 1. The van der Waals surface area contributed by atoms with Crippen LogP contribution in [-0.2, 0) is 0 Å². The highest BCUT2D eigenvalue weighted by atomic mass is 35.5. The van der Waals surface area contributed by atoms with Crippen molar-refractivity contribution in [3.05, 3.63) is 47.0 Å². The van der Waals surface area contributed by atoms with Crippen molar-refractivity contribution in [2.24, 2.45) is 5.73 Å². The smallest absolute Gasteiger partial charge is 0.0493 e. The molecule has 0 heterocycles. The van der Waals surface area contributed by atoms with Crippen LogP contribution in [0.15, 0.2) is 30.9 Å². The van der Waals surface area contributed by atoms with Gasteiger partial charge in [0.25, 0.3) is 0 Å². The Balaban J connectivity index is 3.09. The van der Waals surface area contributed by atoms with Gasteiger partial charge in [-0.25, -0.2) is 0 Å². The molecular formula is C10H12ClN. The van der Waals surface area contributed by atoms with Gasteiger partial charge in [0.15, 0.2) is 0 Å². The van der Waals surface area contributed by atoms with Gasteiger partial charge in [0.2, 0.25) is 0 Å². The predicted molar refractivity (Wildman–Crippen MR) is 53.3 cm³/mol. The van der Waals surface area contributed by atoms with Gasteiger partial charge in [-0.05, 0) is 24.1 Å². The second-order valence-electron chi connectivity index (χ2n) is 2.79. The van der Waals surface area contributed by atoms with E-state index in [0.29, 0.717) is 5.02 Å². The summed E-state index contributed by atoms with van der Waals surface area (Å²) in [5, 5.41) is 0.711. The first-order chi connectivity index (χ1) is 5.65. The van der Waals surface area contributed by atoms with E-state index in [9.17, 15) is 0 Å². The van der Waals surface area contributed by atoms with Crippen molar-refractivity contribution in [1.29, 1.82) is 0 Å². The third kappa shape index (κ3) is 1.87. The molecule has 64 valence electrons. The van der Waals surface area contributed by atoms with Crippen molar-refractivity contribution in [3.63, 3.8) is 0 Å². The Bertz CT molecular complexity index is 294. The van der Waals surface area contributed by atoms with Gasteiger partial charge in [0.05, 0.1) is 0 Å². The predicted octanol–water partition coefficient (Wildman–Crippen LogP) is 2.83. The first kappa shape index (κ1) is 9.30. The molecule has 1 aromatic rings. The third-order valence-corrected chi connectivity index (χ3v) is 2.10. The molecule has 0 aliphatic carbocycles. The second-order valence-corrected chi connectivity index (χ2v) is 3.19. The zero-order chi connectivity index (χ0) is 9.14. The highest BCUT2D eigenvalue weighted by Gasteiger charge is 2.05. The van der Waals surface area contributed by atoms with Crippen LogP contribution in [0.2, 0.25) is 5.02 Å². The van der Waals surface area contributed by atoms with Gasteiger partial charge in [0, 0.05) is 11.1 Å². The summed E-state index contributed by atoms with van der Waals surface area (Å²) >= 11 is 5.98. The van der Waals surface area contributed by atoms with Gasteiger partial charge in [-0.3, -0.25) is 0 Å². The second kappa shape index (κ2) is 3.74. The molecule has 0 aliphatic heterocycles. The summed E-state index contributed by atoms with van der Waals surface area (Å²) in [6, 6.07) is 5.66. The molecule has 1 atom stereocenters. The lowest BCUT2D eigenvalue weighted by Gasteiger charge is -2.08. The molecule has 2 heteroatoms. The molecule has 1 nitrogen and oxygen atoms in total. The van der Waals surface area contributed by atoms with Crippen LogP contribution in [0.25, 0.3) is 0 Å². The molecule has 0 spiro atoms. The maximum absolute atomic E-state index is 5.98. The zero-order valence-electron chi connectivity index (χ0n) is 7.05. The van der Waals surface area contributed by atoms with Gasteiger partial charge in [-0.2, -0.15) is 0 Å². The molecule has 0 saturated heterocycles. The summed E-state index contributed by atoms with van der Waals surface area (Å²) in [4.78, 5) is 0. The number of rotatable bonds is 2. The lowest BCUT2D eigenvalue weighted by molar-refractivity contribution is 0.914. The average molecular weight is 182 g/mol. The monoisotopic (exact) mass is 181 g/mol. The molecule has 0 saturated carbocycles. The highest BCUT2D eigenvalue weighted by Crippen LogP contribution is 2.22. The first-order valence-corrected chi connectivity index (χ1v) is 4.17. The van der Waals surface area contributed by atoms with Gasteiger partial charge < -0.3 is 5.73 Å². The average Bonchev–Trinajstić information content (AvgIpc) is 2.03. The molecule has 2 N–H and O–H groups in total. The topological polar surface area (TPSA) is 26.0 Å². The van der Waals surface area contributed by atoms with E-state index >= 15 is 0 Å². The lowest BCUT2D eigenvalue weighted by atomic mass is 10.1. The summed E-state index contributed by atoms with van der Waals surface area (Å²) < 4.78 is 0. The van der Waals surface area contributed by atoms with Crippen molar-refractivity contribution >= 4 is 11.6 Å². The van der Waals surface area contributed by atoms with E-state index in [1.165, 1.54) is 0 Å². The highest BCUT2D eigenvalue weighted by molar-refractivity contribution is 6.31. The van der Waals surface area contributed by atoms with Crippen LogP contribution in [-0.4, -0.2) is 0 Å². The number of hydrogen-bond donors (Lipinski definition) is 1. The molecule has 0 radical (unpaired) electrons. The first-order valence-electron chi connectivity index (χ1n) is 3.79. The van der Waals surface area contributed by atoms with Crippen molar-refractivity contribution in [2.75, 3.05) is 0 Å². The minimum Gasteiger partial charge on any atom is -0.321 e. The molecule has 1 rings (SSSR count). The number of halogens is 1. The summed E-state index contributed by atoms with van der Waals surface area (Å²) in [7, 11) is 0. The van der Waals surface area contributed by atoms with Crippen molar-refractivity contribution < 1.29 is 0 Å². The van der Waals surface area contributed by atoms with Gasteiger partial charge >= 0.3 is 0 Å². The fraction of sp³-hybridized carbons (Fsp3) is 0.200. The Kier molecular flexibility index (Phi) is 2.90. The van der Waals surface area contributed by atoms with Gasteiger partial charge in [-0.1, -0.05) is 29.8 Å². The Morgan fingerprint density at radius 1 is 1.58 bits per heavy atom. The fourth-order valence-corrected chi connectivity index (χ4v) is 1.39. The van der Waals surface area contributed by atoms with Crippen LogP contribution < -0.4 is 5.73 Å². The maximum atomic E-state index is 5.98. The van der Waals surface area contributed by atoms with Gasteiger partial charge in [0.1, 0.15) is 0 Å². The summed E-state index contributed by atoms with van der Waals surface area (Å²) in [6.45, 7) is 5.61. The standard InChI is InChI=1S/C10H12ClN/c1-3-10(12)8-5-4-7(2)6-9(8)11/h3-6,10H,1,12H2,2H3/t10-/m1/s1. The summed E-state index contributed by atoms with van der Waals surface area (Å²) in [5.74, 6) is 0. The van der Waals surface area contributed by atoms with Gasteiger partial charge in [-0.15, -0.1) is 6.58 Å². The molecule has 0 aliphatic rings. The molecule has 1 aromatic carbocycles. The molecule has 0 unspecified atom stereocenters. The van der Waals surface area contributed by atoms with Crippen molar-refractivity contribution in [1.82, 2.24) is 0 Å². The fourth-order valence-electron chi connectivity index (χ4n) is 1.03. The quantitative estimate of drug-likeness (QED) is 0.698. The molecule has 0 aromatic heterocycles. The van der Waals surface area contributed by atoms with Crippen LogP contribution in [0.5, 0.6) is 0 Å². The van der Waals surface area contributed by atoms with E-state index in [-0.39, 0.29) is 6.04 Å². The molecular weight excluding hydrogens is 170 g/mol. The van der Waals surface area contributed by atoms with E-state index in [4.69, 9.17) is 17.3 Å². The van der Waals surface area contributed by atoms with Crippen LogP contribution in [0.1, 0.15) is 17.2 Å². The normalized spacial score (nSPS) is 12.6. The maximum Gasteiger partial charge on any atom is 0.0493 e. The third-order valence-electron chi connectivity index (χ3n) is 1.77. The Labute approximate surface area is 77.8 Å². The minimum absolute atomic E-state index is 0.168. The van der Waals surface area contributed by atoms with Crippen LogP contribution >= 0.6 is 11.6 Å². The number of hydrogen-bond acceptors (Lipinski definition) is 1. The molecule has 12 heavy (non-hydrogen) atoms. The Morgan fingerprint density at radius 2 is 2.25 bits per heavy atom. The summed E-state index contributed by atoms with van der Waals surface area (Å²) in [5.41, 5.74) is 7.81. The molecule has 0 bridgehead atoms. The SMILES string of the molecule is C=C[C@@H](N)c1ccc(C)cc1Cl. The largest absolute Gasteiger partial charge is 0.321 e. The number of nitrogens with two attached hydrogens (primary N) is 1. The zero-order valence-corrected chi connectivity index (χ0v) is 7.81. The van der Waals surface area contributed by atoms with Crippen LogP contribution in [0.3, 0.4) is 0 Å².